The SMILES string of the molecule is Cc1cccc(N[C@H](c2cccc(C(F)(F)F)c2)P(=O)(O)O)c1. The summed E-state index contributed by atoms with van der Waals surface area (Å²) >= 11 is 0. The lowest BCUT2D eigenvalue weighted by atomic mass is 10.1. The fourth-order valence-corrected chi connectivity index (χ4v) is 3.01. The lowest BCUT2D eigenvalue weighted by molar-refractivity contribution is -0.137. The topological polar surface area (TPSA) is 69.6 Å². The summed E-state index contributed by atoms with van der Waals surface area (Å²) in [6.45, 7) is 1.79. The van der Waals surface area contributed by atoms with E-state index in [0.717, 1.165) is 23.8 Å². The standard InChI is InChI=1S/C15H15F3NO3P/c1-10-4-2-7-13(8-10)19-14(23(20,21)22)11-5-3-6-12(9-11)15(16,17)18/h2-9,14,19H,1H3,(H2,20,21,22)/t14-/m0/s1. The molecule has 23 heavy (non-hydrogen) atoms. The van der Waals surface area contributed by atoms with Gasteiger partial charge in [-0.05, 0) is 42.3 Å². The van der Waals surface area contributed by atoms with Gasteiger partial charge in [0.2, 0.25) is 0 Å². The molecule has 2 rings (SSSR count). The number of halogens is 3. The van der Waals surface area contributed by atoms with Gasteiger partial charge in [-0.15, -0.1) is 0 Å². The van der Waals surface area contributed by atoms with Crippen LogP contribution in [0.25, 0.3) is 0 Å². The molecular formula is C15H15F3NO3P. The molecule has 8 heteroatoms. The highest BCUT2D eigenvalue weighted by molar-refractivity contribution is 7.52. The quantitative estimate of drug-likeness (QED) is 0.723. The van der Waals surface area contributed by atoms with E-state index < -0.39 is 25.1 Å². The largest absolute Gasteiger partial charge is 0.416 e. The first-order valence-electron chi connectivity index (χ1n) is 6.63. The van der Waals surface area contributed by atoms with Crippen molar-refractivity contribution < 1.29 is 27.5 Å². The van der Waals surface area contributed by atoms with Crippen LogP contribution in [0.5, 0.6) is 0 Å². The van der Waals surface area contributed by atoms with Crippen molar-refractivity contribution in [2.45, 2.75) is 18.9 Å². The minimum absolute atomic E-state index is 0.130. The highest BCUT2D eigenvalue weighted by Gasteiger charge is 2.34. The molecule has 0 fully saturated rings. The van der Waals surface area contributed by atoms with Crippen LogP contribution in [-0.4, -0.2) is 9.79 Å². The lowest BCUT2D eigenvalue weighted by Gasteiger charge is -2.22. The van der Waals surface area contributed by atoms with E-state index in [1.54, 1.807) is 31.2 Å². The summed E-state index contributed by atoms with van der Waals surface area (Å²) in [5.41, 5.74) is 0.174. The first kappa shape index (κ1) is 17.5. The minimum atomic E-state index is -4.73. The summed E-state index contributed by atoms with van der Waals surface area (Å²) in [6, 6.07) is 10.7. The van der Waals surface area contributed by atoms with Crippen LogP contribution < -0.4 is 5.32 Å². The van der Waals surface area contributed by atoms with Gasteiger partial charge < -0.3 is 15.1 Å². The van der Waals surface area contributed by atoms with Crippen molar-refractivity contribution in [2.24, 2.45) is 0 Å². The smallest absolute Gasteiger partial charge is 0.368 e. The third-order valence-corrected chi connectivity index (χ3v) is 4.29. The molecule has 0 saturated carbocycles. The fourth-order valence-electron chi connectivity index (χ4n) is 2.14. The molecule has 0 bridgehead atoms. The molecule has 2 aromatic carbocycles. The van der Waals surface area contributed by atoms with Gasteiger partial charge in [0.05, 0.1) is 5.56 Å². The Bertz CT molecular complexity index is 743. The van der Waals surface area contributed by atoms with Crippen molar-refractivity contribution >= 4 is 13.3 Å². The number of aryl methyl sites for hydroxylation is 1. The van der Waals surface area contributed by atoms with Gasteiger partial charge in [0.15, 0.2) is 5.78 Å². The molecule has 1 atom stereocenters. The average Bonchev–Trinajstić information content (AvgIpc) is 2.43. The van der Waals surface area contributed by atoms with Crippen LogP contribution in [-0.2, 0) is 10.7 Å². The number of rotatable bonds is 4. The van der Waals surface area contributed by atoms with E-state index in [4.69, 9.17) is 0 Å². The monoisotopic (exact) mass is 345 g/mol. The number of anilines is 1. The summed E-state index contributed by atoms with van der Waals surface area (Å²) < 4.78 is 50.1. The summed E-state index contributed by atoms with van der Waals surface area (Å²) in [5, 5.41) is 2.62. The van der Waals surface area contributed by atoms with E-state index in [1.165, 1.54) is 6.07 Å². The molecule has 0 aliphatic carbocycles. The van der Waals surface area contributed by atoms with E-state index in [9.17, 15) is 27.5 Å². The summed E-state index contributed by atoms with van der Waals surface area (Å²) in [6.07, 6.45) is -4.58. The van der Waals surface area contributed by atoms with Crippen molar-refractivity contribution in [2.75, 3.05) is 5.32 Å². The maximum Gasteiger partial charge on any atom is 0.416 e. The van der Waals surface area contributed by atoms with Crippen LogP contribution >= 0.6 is 7.60 Å². The molecule has 3 N–H and O–H groups in total. The van der Waals surface area contributed by atoms with Gasteiger partial charge in [-0.25, -0.2) is 0 Å². The maximum atomic E-state index is 12.8. The summed E-state index contributed by atoms with van der Waals surface area (Å²) in [7, 11) is -4.73. The molecule has 124 valence electrons. The minimum Gasteiger partial charge on any atom is -0.368 e. The van der Waals surface area contributed by atoms with Crippen LogP contribution in [0.2, 0.25) is 0 Å². The molecule has 0 amide bonds. The van der Waals surface area contributed by atoms with Crippen molar-refractivity contribution in [1.82, 2.24) is 0 Å². The molecule has 0 spiro atoms. The highest BCUT2D eigenvalue weighted by atomic mass is 31.2. The number of nitrogens with one attached hydrogen (secondary N) is 1. The third kappa shape index (κ3) is 4.58. The number of alkyl halides is 3. The van der Waals surface area contributed by atoms with Crippen LogP contribution in [0, 0.1) is 6.92 Å². The zero-order valence-electron chi connectivity index (χ0n) is 12.1. The molecule has 0 heterocycles. The summed E-state index contributed by atoms with van der Waals surface area (Å²) in [4.78, 5) is 19.0. The number of benzene rings is 2. The van der Waals surface area contributed by atoms with E-state index in [0.29, 0.717) is 5.69 Å². The molecular weight excluding hydrogens is 330 g/mol. The molecule has 0 aromatic heterocycles. The second-order valence-corrected chi connectivity index (χ2v) is 6.82. The normalized spacial score (nSPS) is 13.7. The van der Waals surface area contributed by atoms with Gasteiger partial charge in [0, 0.05) is 5.69 Å². The fraction of sp³-hybridized carbons (Fsp3) is 0.200. The van der Waals surface area contributed by atoms with E-state index in [1.807, 2.05) is 0 Å². The summed E-state index contributed by atoms with van der Waals surface area (Å²) in [5.74, 6) is -1.56. The van der Waals surface area contributed by atoms with Crippen LogP contribution in [0.15, 0.2) is 48.5 Å². The van der Waals surface area contributed by atoms with Gasteiger partial charge >= 0.3 is 13.8 Å². The van der Waals surface area contributed by atoms with Gasteiger partial charge in [-0.3, -0.25) is 4.57 Å². The van der Waals surface area contributed by atoms with Crippen LogP contribution in [0.3, 0.4) is 0 Å². The van der Waals surface area contributed by atoms with Crippen LogP contribution in [0.4, 0.5) is 18.9 Å². The van der Waals surface area contributed by atoms with Gasteiger partial charge in [0.25, 0.3) is 0 Å². The zero-order chi connectivity index (χ0) is 17.3. The Morgan fingerprint density at radius 3 is 2.30 bits per heavy atom. The van der Waals surface area contributed by atoms with Crippen LogP contribution in [0.1, 0.15) is 22.5 Å². The Kier molecular flexibility index (Phi) is 4.84. The molecule has 4 nitrogen and oxygen atoms in total. The Balaban J connectivity index is 2.42. The van der Waals surface area contributed by atoms with E-state index in [2.05, 4.69) is 5.32 Å². The van der Waals surface area contributed by atoms with E-state index >= 15 is 0 Å². The Morgan fingerprint density at radius 2 is 1.74 bits per heavy atom. The first-order valence-corrected chi connectivity index (χ1v) is 8.31. The maximum absolute atomic E-state index is 12.8. The Morgan fingerprint density at radius 1 is 1.09 bits per heavy atom. The van der Waals surface area contributed by atoms with Gasteiger partial charge in [-0.1, -0.05) is 24.3 Å². The zero-order valence-corrected chi connectivity index (χ0v) is 13.0. The lowest BCUT2D eigenvalue weighted by Crippen LogP contribution is -2.13. The predicted molar refractivity (Wildman–Crippen MR) is 81.0 cm³/mol. The molecule has 0 aliphatic rings. The van der Waals surface area contributed by atoms with Crippen molar-refractivity contribution in [1.29, 1.82) is 0 Å². The van der Waals surface area contributed by atoms with Gasteiger partial charge in [-0.2, -0.15) is 13.2 Å². The molecule has 0 unspecified atom stereocenters. The second kappa shape index (κ2) is 6.35. The van der Waals surface area contributed by atoms with E-state index in [-0.39, 0.29) is 5.56 Å². The Hall–Kier alpha value is -1.82. The highest BCUT2D eigenvalue weighted by Crippen LogP contribution is 2.52. The van der Waals surface area contributed by atoms with Gasteiger partial charge in [0.1, 0.15) is 0 Å². The average molecular weight is 345 g/mol. The number of hydrogen-bond donors (Lipinski definition) is 3. The first-order chi connectivity index (χ1) is 10.6. The van der Waals surface area contributed by atoms with Crippen molar-refractivity contribution in [3.8, 4) is 0 Å². The predicted octanol–water partition coefficient (Wildman–Crippen LogP) is 4.30. The molecule has 0 saturated heterocycles. The molecule has 0 radical (unpaired) electrons. The number of hydrogen-bond acceptors (Lipinski definition) is 2. The van der Waals surface area contributed by atoms with Crippen molar-refractivity contribution in [3.63, 3.8) is 0 Å². The molecule has 0 aliphatic heterocycles. The molecule has 2 aromatic rings. The third-order valence-electron chi connectivity index (χ3n) is 3.19. The Labute approximate surface area is 131 Å². The second-order valence-electron chi connectivity index (χ2n) is 5.13. The van der Waals surface area contributed by atoms with Crippen molar-refractivity contribution in [3.05, 3.63) is 65.2 Å².